The van der Waals surface area contributed by atoms with E-state index in [9.17, 15) is 4.79 Å². The van der Waals surface area contributed by atoms with E-state index in [-0.39, 0.29) is 12.6 Å². The average Bonchev–Trinajstić information content (AvgIpc) is 2.65. The lowest BCUT2D eigenvalue weighted by molar-refractivity contribution is 0.0734. The van der Waals surface area contributed by atoms with Gasteiger partial charge in [-0.1, -0.05) is 43.9 Å². The Morgan fingerprint density at radius 3 is 2.08 bits per heavy atom. The SMILES string of the molecule is O=C(Oc1ccccc1)c1ccc(OCCCCCCCCO)cc1. The zero-order valence-electron chi connectivity index (χ0n) is 14.5. The summed E-state index contributed by atoms with van der Waals surface area (Å²) in [7, 11) is 0. The van der Waals surface area contributed by atoms with E-state index in [1.165, 1.54) is 12.8 Å². The maximum atomic E-state index is 12.1. The number of hydrogen-bond acceptors (Lipinski definition) is 4. The maximum absolute atomic E-state index is 12.1. The molecule has 2 aromatic carbocycles. The molecule has 25 heavy (non-hydrogen) atoms. The van der Waals surface area contributed by atoms with Gasteiger partial charge in [0.2, 0.25) is 0 Å². The smallest absolute Gasteiger partial charge is 0.343 e. The molecule has 0 saturated heterocycles. The van der Waals surface area contributed by atoms with Crippen molar-refractivity contribution < 1.29 is 19.4 Å². The first kappa shape index (κ1) is 19.0. The Hall–Kier alpha value is -2.33. The summed E-state index contributed by atoms with van der Waals surface area (Å²) < 4.78 is 11.0. The minimum absolute atomic E-state index is 0.290. The van der Waals surface area contributed by atoms with Crippen molar-refractivity contribution in [3.8, 4) is 11.5 Å². The molecular formula is C21H26O4. The normalized spacial score (nSPS) is 10.4. The third-order valence-electron chi connectivity index (χ3n) is 3.86. The molecule has 4 nitrogen and oxygen atoms in total. The molecule has 0 aromatic heterocycles. The van der Waals surface area contributed by atoms with Crippen LogP contribution in [0, 0.1) is 0 Å². The fourth-order valence-corrected chi connectivity index (χ4v) is 2.45. The van der Waals surface area contributed by atoms with E-state index in [4.69, 9.17) is 14.6 Å². The quantitative estimate of drug-likeness (QED) is 0.368. The number of hydrogen-bond donors (Lipinski definition) is 1. The van der Waals surface area contributed by atoms with Crippen LogP contribution in [-0.2, 0) is 0 Å². The molecule has 0 spiro atoms. The van der Waals surface area contributed by atoms with Gasteiger partial charge in [0.1, 0.15) is 11.5 Å². The summed E-state index contributed by atoms with van der Waals surface area (Å²) in [6.45, 7) is 0.964. The lowest BCUT2D eigenvalue weighted by Gasteiger charge is -2.07. The highest BCUT2D eigenvalue weighted by Crippen LogP contribution is 2.16. The Morgan fingerprint density at radius 1 is 0.760 bits per heavy atom. The number of unbranched alkanes of at least 4 members (excludes halogenated alkanes) is 5. The van der Waals surface area contributed by atoms with Crippen molar-refractivity contribution in [3.63, 3.8) is 0 Å². The van der Waals surface area contributed by atoms with Gasteiger partial charge in [0.25, 0.3) is 0 Å². The Balaban J connectivity index is 1.66. The first-order chi connectivity index (χ1) is 12.3. The van der Waals surface area contributed by atoms with Crippen LogP contribution in [0.3, 0.4) is 0 Å². The minimum atomic E-state index is -0.374. The largest absolute Gasteiger partial charge is 0.494 e. The Kier molecular flexibility index (Phi) is 8.56. The van der Waals surface area contributed by atoms with Crippen LogP contribution in [0.2, 0.25) is 0 Å². The lowest BCUT2D eigenvalue weighted by Crippen LogP contribution is -2.08. The standard InChI is InChI=1S/C21H26O4/c22-16-8-3-1-2-4-9-17-24-19-14-12-18(13-15-19)21(23)25-20-10-6-5-7-11-20/h5-7,10-15,22H,1-4,8-9,16-17H2. The van der Waals surface area contributed by atoms with Crippen LogP contribution in [0.1, 0.15) is 48.9 Å². The number of benzene rings is 2. The van der Waals surface area contributed by atoms with Gasteiger partial charge < -0.3 is 14.6 Å². The second kappa shape index (κ2) is 11.3. The zero-order chi connectivity index (χ0) is 17.7. The molecule has 4 heteroatoms. The number of carbonyl (C=O) groups is 1. The van der Waals surface area contributed by atoms with Crippen molar-refractivity contribution in [2.75, 3.05) is 13.2 Å². The van der Waals surface area contributed by atoms with E-state index in [2.05, 4.69) is 0 Å². The Labute approximate surface area is 149 Å². The Bertz CT molecular complexity index is 608. The van der Waals surface area contributed by atoms with Crippen LogP contribution in [0.25, 0.3) is 0 Å². The van der Waals surface area contributed by atoms with E-state index in [1.807, 2.05) is 18.2 Å². The molecule has 0 radical (unpaired) electrons. The van der Waals surface area contributed by atoms with Crippen LogP contribution in [0.5, 0.6) is 11.5 Å². The monoisotopic (exact) mass is 342 g/mol. The highest BCUT2D eigenvalue weighted by atomic mass is 16.5. The molecule has 0 aliphatic heterocycles. The van der Waals surface area contributed by atoms with E-state index in [0.29, 0.717) is 17.9 Å². The first-order valence-corrected chi connectivity index (χ1v) is 8.90. The summed E-state index contributed by atoms with van der Waals surface area (Å²) in [5, 5.41) is 8.71. The van der Waals surface area contributed by atoms with Crippen LogP contribution in [0.4, 0.5) is 0 Å². The number of esters is 1. The van der Waals surface area contributed by atoms with Crippen LogP contribution in [0.15, 0.2) is 54.6 Å². The molecule has 0 aliphatic carbocycles. The van der Waals surface area contributed by atoms with Gasteiger partial charge in [-0.2, -0.15) is 0 Å². The highest BCUT2D eigenvalue weighted by Gasteiger charge is 2.08. The fraction of sp³-hybridized carbons (Fsp3) is 0.381. The number of ether oxygens (including phenoxy) is 2. The minimum Gasteiger partial charge on any atom is -0.494 e. The van der Waals surface area contributed by atoms with E-state index >= 15 is 0 Å². The van der Waals surface area contributed by atoms with Gasteiger partial charge in [0.15, 0.2) is 0 Å². The molecule has 1 N–H and O–H groups in total. The molecule has 2 rings (SSSR count). The van der Waals surface area contributed by atoms with Crippen molar-refractivity contribution in [3.05, 3.63) is 60.2 Å². The van der Waals surface area contributed by atoms with Gasteiger partial charge in [-0.05, 0) is 49.2 Å². The number of carbonyl (C=O) groups excluding carboxylic acids is 1. The summed E-state index contributed by atoms with van der Waals surface area (Å²) in [4.78, 5) is 12.1. The highest BCUT2D eigenvalue weighted by molar-refractivity contribution is 5.91. The number of aliphatic hydroxyl groups is 1. The van der Waals surface area contributed by atoms with Crippen LogP contribution >= 0.6 is 0 Å². The molecular weight excluding hydrogens is 316 g/mol. The molecule has 0 amide bonds. The third-order valence-corrected chi connectivity index (χ3v) is 3.86. The van der Waals surface area contributed by atoms with Crippen molar-refractivity contribution in [2.24, 2.45) is 0 Å². The first-order valence-electron chi connectivity index (χ1n) is 8.90. The van der Waals surface area contributed by atoms with Gasteiger partial charge in [-0.15, -0.1) is 0 Å². The molecule has 0 unspecified atom stereocenters. The summed E-state index contributed by atoms with van der Waals surface area (Å²) in [5.74, 6) is 0.920. The molecule has 0 heterocycles. The summed E-state index contributed by atoms with van der Waals surface area (Å²) in [5.41, 5.74) is 0.500. The van der Waals surface area contributed by atoms with E-state index in [0.717, 1.165) is 31.4 Å². The van der Waals surface area contributed by atoms with Gasteiger partial charge >= 0.3 is 5.97 Å². The van der Waals surface area contributed by atoms with Crippen molar-refractivity contribution in [1.82, 2.24) is 0 Å². The van der Waals surface area contributed by atoms with E-state index in [1.54, 1.807) is 36.4 Å². The molecule has 0 atom stereocenters. The predicted molar refractivity (Wildman–Crippen MR) is 98.1 cm³/mol. The van der Waals surface area contributed by atoms with Crippen LogP contribution in [-0.4, -0.2) is 24.3 Å². The summed E-state index contributed by atoms with van der Waals surface area (Å²) >= 11 is 0. The van der Waals surface area contributed by atoms with Crippen molar-refractivity contribution >= 4 is 5.97 Å². The lowest BCUT2D eigenvalue weighted by atomic mass is 10.1. The average molecular weight is 342 g/mol. The number of para-hydroxylation sites is 1. The summed E-state index contributed by atoms with van der Waals surface area (Å²) in [6.07, 6.45) is 6.48. The van der Waals surface area contributed by atoms with Crippen molar-refractivity contribution in [2.45, 2.75) is 38.5 Å². The van der Waals surface area contributed by atoms with E-state index < -0.39 is 0 Å². The van der Waals surface area contributed by atoms with Gasteiger partial charge in [-0.25, -0.2) is 4.79 Å². The van der Waals surface area contributed by atoms with Gasteiger partial charge in [0, 0.05) is 6.61 Å². The summed E-state index contributed by atoms with van der Waals surface area (Å²) in [6, 6.07) is 16.0. The molecule has 0 aliphatic rings. The number of aliphatic hydroxyl groups excluding tert-OH is 1. The zero-order valence-corrected chi connectivity index (χ0v) is 14.5. The van der Waals surface area contributed by atoms with Crippen molar-refractivity contribution in [1.29, 1.82) is 0 Å². The number of rotatable bonds is 11. The second-order valence-corrected chi connectivity index (χ2v) is 5.92. The molecule has 0 saturated carbocycles. The van der Waals surface area contributed by atoms with Gasteiger partial charge in [0.05, 0.1) is 12.2 Å². The Morgan fingerprint density at radius 2 is 1.40 bits per heavy atom. The molecule has 0 fully saturated rings. The molecule has 0 bridgehead atoms. The fourth-order valence-electron chi connectivity index (χ4n) is 2.45. The molecule has 2 aromatic rings. The maximum Gasteiger partial charge on any atom is 0.343 e. The van der Waals surface area contributed by atoms with Gasteiger partial charge in [-0.3, -0.25) is 0 Å². The van der Waals surface area contributed by atoms with Crippen LogP contribution < -0.4 is 9.47 Å². The third kappa shape index (κ3) is 7.40. The molecule has 134 valence electrons. The predicted octanol–water partition coefficient (Wildman–Crippen LogP) is 4.62. The topological polar surface area (TPSA) is 55.8 Å². The second-order valence-electron chi connectivity index (χ2n) is 5.92.